The number of benzene rings is 1. The Labute approximate surface area is 250 Å². The minimum absolute atomic E-state index is 0.0209. The number of carbonyl (C=O) groups is 3. The first-order chi connectivity index (χ1) is 20.0. The van der Waals surface area contributed by atoms with Gasteiger partial charge in [-0.3, -0.25) is 9.59 Å². The molecule has 2 fully saturated rings. The van der Waals surface area contributed by atoms with Crippen molar-refractivity contribution in [2.24, 2.45) is 11.8 Å². The fraction of sp³-hybridized carbons (Fsp3) is 0.710. The quantitative estimate of drug-likeness (QED) is 0.282. The lowest BCUT2D eigenvalue weighted by Gasteiger charge is -2.34. The molecule has 11 heteroatoms. The Morgan fingerprint density at radius 1 is 1.05 bits per heavy atom. The Bertz CT molecular complexity index is 1060. The van der Waals surface area contributed by atoms with Gasteiger partial charge in [0.25, 0.3) is 5.91 Å². The van der Waals surface area contributed by atoms with Crippen molar-refractivity contribution in [1.82, 2.24) is 20.4 Å². The summed E-state index contributed by atoms with van der Waals surface area (Å²) < 4.78 is 22.1. The Morgan fingerprint density at radius 2 is 1.74 bits per heavy atom. The minimum atomic E-state index is -0.650. The summed E-state index contributed by atoms with van der Waals surface area (Å²) in [4.78, 5) is 42.2. The fourth-order valence-corrected chi connectivity index (χ4v) is 5.32. The highest BCUT2D eigenvalue weighted by Gasteiger charge is 2.39. The van der Waals surface area contributed by atoms with Gasteiger partial charge >= 0.3 is 6.09 Å². The molecule has 1 saturated carbocycles. The van der Waals surface area contributed by atoms with Crippen molar-refractivity contribution in [1.29, 1.82) is 0 Å². The molecule has 236 valence electrons. The van der Waals surface area contributed by atoms with Crippen LogP contribution in [0.2, 0.25) is 0 Å². The monoisotopic (exact) mass is 590 g/mol. The Morgan fingerprint density at radius 3 is 2.33 bits per heavy atom. The van der Waals surface area contributed by atoms with Gasteiger partial charge < -0.3 is 39.4 Å². The van der Waals surface area contributed by atoms with Crippen LogP contribution in [0.5, 0.6) is 11.5 Å². The van der Waals surface area contributed by atoms with Crippen LogP contribution in [0, 0.1) is 11.8 Å². The lowest BCUT2D eigenvalue weighted by molar-refractivity contribution is -0.121. The predicted molar refractivity (Wildman–Crippen MR) is 160 cm³/mol. The molecule has 0 bridgehead atoms. The summed E-state index contributed by atoms with van der Waals surface area (Å²) in [5.41, 5.74) is -0.110. The molecule has 1 aliphatic heterocycles. The van der Waals surface area contributed by atoms with Crippen molar-refractivity contribution in [3.05, 3.63) is 23.8 Å². The van der Waals surface area contributed by atoms with Gasteiger partial charge in [-0.05, 0) is 70.6 Å². The molecule has 11 nitrogen and oxygen atoms in total. The predicted octanol–water partition coefficient (Wildman–Crippen LogP) is 3.31. The van der Waals surface area contributed by atoms with Crippen molar-refractivity contribution in [2.45, 2.75) is 71.5 Å². The number of ether oxygens (including phenoxy) is 4. The largest absolute Gasteiger partial charge is 0.493 e. The molecule has 0 aromatic heterocycles. The van der Waals surface area contributed by atoms with Crippen LogP contribution in [0.15, 0.2) is 18.2 Å². The standard InChI is InChI=1S/C31H50N4O7/c1-21(2)34(29(37)23-9-12-27(40-7)28(15-23)41-14-8-13-39-6)18-24-16-32-17-25(24)19-35(26-10-11-26)30(38)42-20-31(4,5)33-22(3)36/h9,12,15,21,24-26,32H,8,10-11,13-14,16-20H2,1-7H3,(H,33,36)/t24-,25+/m1/s1. The van der Waals surface area contributed by atoms with Crippen molar-refractivity contribution in [3.8, 4) is 11.5 Å². The molecule has 2 aliphatic rings. The van der Waals surface area contributed by atoms with Gasteiger partial charge in [-0.25, -0.2) is 4.79 Å². The third kappa shape index (κ3) is 9.76. The van der Waals surface area contributed by atoms with Gasteiger partial charge in [0.15, 0.2) is 11.5 Å². The Kier molecular flexibility index (Phi) is 12.3. The number of rotatable bonds is 16. The number of hydrogen-bond acceptors (Lipinski definition) is 8. The first-order valence-corrected chi connectivity index (χ1v) is 15.0. The average Bonchev–Trinajstić information content (AvgIpc) is 3.68. The summed E-state index contributed by atoms with van der Waals surface area (Å²) in [5, 5.41) is 6.29. The molecule has 1 aromatic rings. The molecule has 2 atom stereocenters. The van der Waals surface area contributed by atoms with Gasteiger partial charge in [0.2, 0.25) is 5.91 Å². The third-order valence-electron chi connectivity index (χ3n) is 7.68. The zero-order valence-corrected chi connectivity index (χ0v) is 26.4. The SMILES string of the molecule is COCCCOc1cc(C(=O)N(C[C@H]2CNC[C@H]2CN(C(=O)OCC(C)(C)NC(C)=O)C2CC2)C(C)C)ccc1OC. The molecule has 1 aromatic carbocycles. The summed E-state index contributed by atoms with van der Waals surface area (Å²) in [6.07, 6.45) is 2.29. The number of methoxy groups -OCH3 is 2. The smallest absolute Gasteiger partial charge is 0.410 e. The number of amides is 3. The maximum atomic E-state index is 13.8. The molecule has 2 N–H and O–H groups in total. The molecular formula is C31H50N4O7. The molecule has 1 heterocycles. The number of carbonyl (C=O) groups excluding carboxylic acids is 3. The van der Waals surface area contributed by atoms with Gasteiger partial charge in [-0.15, -0.1) is 0 Å². The lowest BCUT2D eigenvalue weighted by Crippen LogP contribution is -2.48. The molecule has 0 radical (unpaired) electrons. The molecule has 3 rings (SSSR count). The van der Waals surface area contributed by atoms with Crippen LogP contribution in [-0.2, 0) is 14.3 Å². The van der Waals surface area contributed by atoms with Crippen molar-refractivity contribution >= 4 is 17.9 Å². The average molecular weight is 591 g/mol. The summed E-state index contributed by atoms with van der Waals surface area (Å²) in [6, 6.07) is 5.44. The Balaban J connectivity index is 1.67. The highest BCUT2D eigenvalue weighted by Crippen LogP contribution is 2.32. The third-order valence-corrected chi connectivity index (χ3v) is 7.68. The van der Waals surface area contributed by atoms with E-state index in [2.05, 4.69) is 10.6 Å². The van der Waals surface area contributed by atoms with E-state index in [1.807, 2.05) is 37.5 Å². The van der Waals surface area contributed by atoms with E-state index in [1.54, 1.807) is 32.4 Å². The number of hydrogen-bond donors (Lipinski definition) is 2. The molecule has 1 aliphatic carbocycles. The van der Waals surface area contributed by atoms with E-state index < -0.39 is 5.54 Å². The summed E-state index contributed by atoms with van der Waals surface area (Å²) in [6.45, 7) is 12.9. The zero-order valence-electron chi connectivity index (χ0n) is 26.4. The minimum Gasteiger partial charge on any atom is -0.493 e. The van der Waals surface area contributed by atoms with Crippen molar-refractivity contribution in [2.75, 3.05) is 60.2 Å². The summed E-state index contributed by atoms with van der Waals surface area (Å²) in [7, 11) is 3.23. The normalized spacial score (nSPS) is 18.5. The van der Waals surface area contributed by atoms with Crippen LogP contribution in [0.3, 0.4) is 0 Å². The maximum Gasteiger partial charge on any atom is 0.410 e. The van der Waals surface area contributed by atoms with Gasteiger partial charge in [-0.2, -0.15) is 0 Å². The van der Waals surface area contributed by atoms with Gasteiger partial charge in [0, 0.05) is 70.9 Å². The second-order valence-corrected chi connectivity index (χ2v) is 12.3. The number of nitrogens with zero attached hydrogens (tertiary/aromatic N) is 2. The lowest BCUT2D eigenvalue weighted by atomic mass is 9.94. The molecule has 1 saturated heterocycles. The van der Waals surface area contributed by atoms with E-state index >= 15 is 0 Å². The summed E-state index contributed by atoms with van der Waals surface area (Å²) in [5.74, 6) is 1.21. The van der Waals surface area contributed by atoms with E-state index in [0.717, 1.165) is 32.4 Å². The van der Waals surface area contributed by atoms with E-state index in [-0.39, 0.29) is 48.4 Å². The molecule has 42 heavy (non-hydrogen) atoms. The van der Waals surface area contributed by atoms with E-state index in [1.165, 1.54) is 6.92 Å². The van der Waals surface area contributed by atoms with E-state index in [0.29, 0.717) is 43.4 Å². The van der Waals surface area contributed by atoms with Crippen LogP contribution < -0.4 is 20.1 Å². The van der Waals surface area contributed by atoms with Crippen LogP contribution in [0.1, 0.15) is 64.2 Å². The fourth-order valence-electron chi connectivity index (χ4n) is 5.32. The van der Waals surface area contributed by atoms with Crippen LogP contribution in [0.25, 0.3) is 0 Å². The van der Waals surface area contributed by atoms with Crippen LogP contribution in [0.4, 0.5) is 4.79 Å². The topological polar surface area (TPSA) is 119 Å². The highest BCUT2D eigenvalue weighted by molar-refractivity contribution is 5.95. The van der Waals surface area contributed by atoms with Crippen molar-refractivity contribution < 1.29 is 33.3 Å². The molecular weight excluding hydrogens is 540 g/mol. The maximum absolute atomic E-state index is 13.8. The summed E-state index contributed by atoms with van der Waals surface area (Å²) >= 11 is 0. The zero-order chi connectivity index (χ0) is 30.9. The molecule has 3 amide bonds. The van der Waals surface area contributed by atoms with Crippen LogP contribution in [-0.4, -0.2) is 106 Å². The van der Waals surface area contributed by atoms with Gasteiger partial charge in [-0.1, -0.05) is 0 Å². The van der Waals surface area contributed by atoms with Crippen LogP contribution >= 0.6 is 0 Å². The second-order valence-electron chi connectivity index (χ2n) is 12.3. The Hall–Kier alpha value is -3.05. The van der Waals surface area contributed by atoms with Gasteiger partial charge in [0.1, 0.15) is 6.61 Å². The van der Waals surface area contributed by atoms with Crippen molar-refractivity contribution in [3.63, 3.8) is 0 Å². The number of nitrogens with one attached hydrogen (secondary N) is 2. The second kappa shape index (κ2) is 15.4. The van der Waals surface area contributed by atoms with E-state index in [9.17, 15) is 14.4 Å². The van der Waals surface area contributed by atoms with E-state index in [4.69, 9.17) is 18.9 Å². The molecule has 0 spiro atoms. The van der Waals surface area contributed by atoms with Gasteiger partial charge in [0.05, 0.1) is 19.3 Å². The first kappa shape index (κ1) is 33.5. The highest BCUT2D eigenvalue weighted by atomic mass is 16.6. The molecule has 0 unspecified atom stereocenters. The first-order valence-electron chi connectivity index (χ1n) is 15.0.